The standard InChI is InChI=1S/C20H20NOP/c1-16-13-14-20(22-2)19(15-16)21-23(17-9-5-3-6-10-17)18-11-7-4-8-12-18/h3-15,21H,1-2H3. The lowest BCUT2D eigenvalue weighted by molar-refractivity contribution is 0.417. The lowest BCUT2D eigenvalue weighted by atomic mass is 10.2. The van der Waals surface area contributed by atoms with Crippen LogP contribution in [-0.4, -0.2) is 7.11 Å². The molecule has 0 unspecified atom stereocenters. The number of hydrogen-bond donors (Lipinski definition) is 1. The topological polar surface area (TPSA) is 21.3 Å². The molecule has 0 aliphatic heterocycles. The Morgan fingerprint density at radius 1 is 0.783 bits per heavy atom. The third-order valence-electron chi connectivity index (χ3n) is 3.62. The van der Waals surface area contributed by atoms with Crippen LogP contribution in [0, 0.1) is 6.92 Å². The molecule has 1 N–H and O–H groups in total. The molecule has 0 saturated heterocycles. The molecule has 3 aromatic rings. The molecule has 0 atom stereocenters. The Bertz CT molecular complexity index is 720. The zero-order chi connectivity index (χ0) is 16.1. The SMILES string of the molecule is COc1ccc(C)cc1NP(c1ccccc1)c1ccccc1. The van der Waals surface area contributed by atoms with Crippen LogP contribution >= 0.6 is 8.07 Å². The first kappa shape index (κ1) is 15.6. The van der Waals surface area contributed by atoms with Crippen molar-refractivity contribution in [1.82, 2.24) is 0 Å². The van der Waals surface area contributed by atoms with Crippen LogP contribution in [0.15, 0.2) is 78.9 Å². The van der Waals surface area contributed by atoms with E-state index in [9.17, 15) is 0 Å². The molecule has 0 spiro atoms. The fraction of sp³-hybridized carbons (Fsp3) is 0.100. The lowest BCUT2D eigenvalue weighted by Crippen LogP contribution is -2.17. The van der Waals surface area contributed by atoms with Crippen molar-refractivity contribution in [2.45, 2.75) is 6.92 Å². The Morgan fingerprint density at radius 3 is 1.87 bits per heavy atom. The molecular formula is C20H20NOP. The van der Waals surface area contributed by atoms with Gasteiger partial charge < -0.3 is 9.82 Å². The molecule has 116 valence electrons. The van der Waals surface area contributed by atoms with E-state index in [-0.39, 0.29) is 0 Å². The van der Waals surface area contributed by atoms with Crippen molar-refractivity contribution in [3.63, 3.8) is 0 Å². The molecule has 0 fully saturated rings. The summed E-state index contributed by atoms with van der Waals surface area (Å²) < 4.78 is 5.52. The van der Waals surface area contributed by atoms with E-state index in [0.717, 1.165) is 11.4 Å². The number of benzene rings is 3. The van der Waals surface area contributed by atoms with Gasteiger partial charge in [-0.05, 0) is 24.6 Å². The van der Waals surface area contributed by atoms with Crippen LogP contribution in [0.3, 0.4) is 0 Å². The highest BCUT2D eigenvalue weighted by Crippen LogP contribution is 2.38. The van der Waals surface area contributed by atoms with Crippen LogP contribution in [0.1, 0.15) is 5.56 Å². The van der Waals surface area contributed by atoms with Crippen LogP contribution in [0.4, 0.5) is 5.69 Å². The summed E-state index contributed by atoms with van der Waals surface area (Å²) in [6, 6.07) is 27.4. The van der Waals surface area contributed by atoms with Crippen LogP contribution in [0.25, 0.3) is 0 Å². The first-order valence-corrected chi connectivity index (χ1v) is 8.93. The quantitative estimate of drug-likeness (QED) is 0.700. The second-order valence-corrected chi connectivity index (χ2v) is 7.25. The molecule has 0 heterocycles. The summed E-state index contributed by atoms with van der Waals surface area (Å²) in [7, 11) is 1.02. The average molecular weight is 321 g/mol. The third kappa shape index (κ3) is 3.72. The largest absolute Gasteiger partial charge is 0.495 e. The van der Waals surface area contributed by atoms with Crippen molar-refractivity contribution < 1.29 is 4.74 Å². The molecule has 0 saturated carbocycles. The van der Waals surface area contributed by atoms with Crippen molar-refractivity contribution in [3.05, 3.63) is 84.4 Å². The van der Waals surface area contributed by atoms with E-state index in [4.69, 9.17) is 4.74 Å². The lowest BCUT2D eigenvalue weighted by Gasteiger charge is -2.22. The average Bonchev–Trinajstić information content (AvgIpc) is 2.61. The number of hydrogen-bond acceptors (Lipinski definition) is 2. The molecule has 0 aliphatic carbocycles. The predicted molar refractivity (Wildman–Crippen MR) is 100 cm³/mol. The smallest absolute Gasteiger partial charge is 0.142 e. The highest BCUT2D eigenvalue weighted by atomic mass is 31.1. The van der Waals surface area contributed by atoms with Gasteiger partial charge in [-0.3, -0.25) is 0 Å². The van der Waals surface area contributed by atoms with Crippen LogP contribution in [-0.2, 0) is 0 Å². The molecule has 3 heteroatoms. The molecule has 0 bridgehead atoms. The van der Waals surface area contributed by atoms with Gasteiger partial charge in [0.1, 0.15) is 5.75 Å². The van der Waals surface area contributed by atoms with Gasteiger partial charge in [0, 0.05) is 10.6 Å². The number of rotatable bonds is 5. The summed E-state index contributed by atoms with van der Waals surface area (Å²) in [4.78, 5) is 0. The Hall–Kier alpha value is -2.31. The molecule has 0 aromatic heterocycles. The minimum Gasteiger partial charge on any atom is -0.495 e. The fourth-order valence-electron chi connectivity index (χ4n) is 2.46. The number of nitrogens with one attached hydrogen (secondary N) is 1. The number of methoxy groups -OCH3 is 1. The zero-order valence-electron chi connectivity index (χ0n) is 13.4. The summed E-state index contributed by atoms with van der Waals surface area (Å²) in [6.45, 7) is 2.10. The van der Waals surface area contributed by atoms with E-state index >= 15 is 0 Å². The maximum atomic E-state index is 5.52. The maximum absolute atomic E-state index is 5.52. The molecular weight excluding hydrogens is 301 g/mol. The molecule has 2 nitrogen and oxygen atoms in total. The van der Waals surface area contributed by atoms with Gasteiger partial charge in [-0.15, -0.1) is 0 Å². The van der Waals surface area contributed by atoms with Crippen molar-refractivity contribution in [1.29, 1.82) is 0 Å². The van der Waals surface area contributed by atoms with E-state index in [0.29, 0.717) is 0 Å². The number of anilines is 1. The normalized spacial score (nSPS) is 10.6. The van der Waals surface area contributed by atoms with Crippen molar-refractivity contribution >= 4 is 24.4 Å². The summed E-state index contributed by atoms with van der Waals surface area (Å²) in [6.07, 6.45) is 0. The number of ether oxygens (including phenoxy) is 1. The van der Waals surface area contributed by atoms with Crippen LogP contribution < -0.4 is 20.4 Å². The minimum atomic E-state index is -0.691. The van der Waals surface area contributed by atoms with Gasteiger partial charge in [0.25, 0.3) is 0 Å². The summed E-state index contributed by atoms with van der Waals surface area (Å²) >= 11 is 0. The zero-order valence-corrected chi connectivity index (χ0v) is 14.3. The Kier molecular flexibility index (Phi) is 4.95. The molecule has 3 rings (SSSR count). The summed E-state index contributed by atoms with van der Waals surface area (Å²) in [5.74, 6) is 0.870. The molecule has 0 aliphatic rings. The third-order valence-corrected chi connectivity index (χ3v) is 5.71. The molecule has 23 heavy (non-hydrogen) atoms. The molecule has 0 amide bonds. The Balaban J connectivity index is 2.02. The van der Waals surface area contributed by atoms with Gasteiger partial charge in [-0.2, -0.15) is 0 Å². The van der Waals surface area contributed by atoms with Crippen LogP contribution in [0.2, 0.25) is 0 Å². The Morgan fingerprint density at radius 2 is 1.35 bits per heavy atom. The maximum Gasteiger partial charge on any atom is 0.142 e. The monoisotopic (exact) mass is 321 g/mol. The van der Waals surface area contributed by atoms with Crippen molar-refractivity contribution in [2.24, 2.45) is 0 Å². The van der Waals surface area contributed by atoms with E-state index < -0.39 is 8.07 Å². The Labute approximate surface area is 138 Å². The van der Waals surface area contributed by atoms with E-state index in [1.54, 1.807) is 7.11 Å². The molecule has 0 radical (unpaired) electrons. The van der Waals surface area contributed by atoms with Gasteiger partial charge in [0.15, 0.2) is 0 Å². The number of aryl methyl sites for hydroxylation is 1. The first-order chi connectivity index (χ1) is 11.3. The first-order valence-electron chi connectivity index (χ1n) is 7.59. The van der Waals surface area contributed by atoms with E-state index in [1.165, 1.54) is 16.2 Å². The highest BCUT2D eigenvalue weighted by molar-refractivity contribution is 7.74. The van der Waals surface area contributed by atoms with Crippen LogP contribution in [0.5, 0.6) is 5.75 Å². The minimum absolute atomic E-state index is 0.691. The van der Waals surface area contributed by atoms with Crippen molar-refractivity contribution in [3.8, 4) is 5.75 Å². The van der Waals surface area contributed by atoms with Gasteiger partial charge in [0.2, 0.25) is 0 Å². The van der Waals surface area contributed by atoms with E-state index in [2.05, 4.69) is 84.8 Å². The second-order valence-electron chi connectivity index (χ2n) is 5.32. The van der Waals surface area contributed by atoms with Gasteiger partial charge in [-0.1, -0.05) is 66.7 Å². The summed E-state index contributed by atoms with van der Waals surface area (Å²) in [5, 5.41) is 6.29. The second kappa shape index (κ2) is 7.30. The highest BCUT2D eigenvalue weighted by Gasteiger charge is 2.15. The summed E-state index contributed by atoms with van der Waals surface area (Å²) in [5.41, 5.74) is 2.25. The fourth-order valence-corrected chi connectivity index (χ4v) is 4.37. The molecule has 3 aromatic carbocycles. The van der Waals surface area contributed by atoms with Gasteiger partial charge in [0.05, 0.1) is 20.9 Å². The van der Waals surface area contributed by atoms with Crippen molar-refractivity contribution in [2.75, 3.05) is 12.2 Å². The van der Waals surface area contributed by atoms with Gasteiger partial charge >= 0.3 is 0 Å². The predicted octanol–water partition coefficient (Wildman–Crippen LogP) is 4.46. The van der Waals surface area contributed by atoms with Gasteiger partial charge in [-0.25, -0.2) is 0 Å². The van der Waals surface area contributed by atoms with E-state index in [1.807, 2.05) is 6.07 Å².